The second-order valence-electron chi connectivity index (χ2n) is 3.91. The van der Waals surface area contributed by atoms with Gasteiger partial charge in [-0.05, 0) is 37.6 Å². The Morgan fingerprint density at radius 3 is 2.29 bits per heavy atom. The van der Waals surface area contributed by atoms with E-state index < -0.39 is 0 Å². The monoisotopic (exact) mass is 235 g/mol. The van der Waals surface area contributed by atoms with Crippen molar-refractivity contribution >= 4 is 17.4 Å². The lowest BCUT2D eigenvalue weighted by Gasteiger charge is -2.12. The van der Waals surface area contributed by atoms with Crippen LogP contribution in [0.15, 0.2) is 24.3 Å². The summed E-state index contributed by atoms with van der Waals surface area (Å²) in [5.41, 5.74) is 1.24. The second-order valence-corrected chi connectivity index (χ2v) is 3.91. The van der Waals surface area contributed by atoms with Crippen molar-refractivity contribution in [2.24, 2.45) is 5.92 Å². The van der Waals surface area contributed by atoms with Gasteiger partial charge in [-0.3, -0.25) is 9.59 Å². The number of aliphatic hydroxyl groups is 1. The number of amides is 1. The first-order valence-corrected chi connectivity index (χ1v) is 5.61. The van der Waals surface area contributed by atoms with E-state index in [9.17, 15) is 9.59 Å². The van der Waals surface area contributed by atoms with Gasteiger partial charge in [0.05, 0.1) is 12.5 Å². The molecule has 1 amide bonds. The molecular formula is C13H17NO3. The highest BCUT2D eigenvalue weighted by Crippen LogP contribution is 2.12. The first-order valence-electron chi connectivity index (χ1n) is 5.61. The molecule has 0 bridgehead atoms. The van der Waals surface area contributed by atoms with Crippen molar-refractivity contribution in [1.82, 2.24) is 0 Å². The lowest BCUT2D eigenvalue weighted by molar-refractivity contribution is -0.121. The van der Waals surface area contributed by atoms with Gasteiger partial charge in [-0.2, -0.15) is 0 Å². The number of carbonyl (C=O) groups is 2. The molecule has 0 aromatic heterocycles. The van der Waals surface area contributed by atoms with Crippen LogP contribution in [-0.2, 0) is 4.79 Å². The Bertz CT molecular complexity index is 394. The smallest absolute Gasteiger partial charge is 0.229 e. The van der Waals surface area contributed by atoms with Gasteiger partial charge in [0.2, 0.25) is 5.91 Å². The molecule has 0 spiro atoms. The van der Waals surface area contributed by atoms with Crippen molar-refractivity contribution in [2.75, 3.05) is 11.9 Å². The molecule has 0 saturated heterocycles. The molecule has 0 aliphatic carbocycles. The van der Waals surface area contributed by atoms with Crippen molar-refractivity contribution in [3.63, 3.8) is 0 Å². The summed E-state index contributed by atoms with van der Waals surface area (Å²) in [4.78, 5) is 22.7. The number of hydrogen-bond acceptors (Lipinski definition) is 3. The number of Topliss-reactive ketones (excluding diaryl/α,β-unsaturated/α-hetero) is 1. The van der Waals surface area contributed by atoms with Crippen LogP contribution in [0, 0.1) is 5.92 Å². The molecular weight excluding hydrogens is 218 g/mol. The first-order chi connectivity index (χ1) is 8.08. The molecule has 17 heavy (non-hydrogen) atoms. The van der Waals surface area contributed by atoms with E-state index in [1.54, 1.807) is 24.3 Å². The van der Waals surface area contributed by atoms with Gasteiger partial charge in [-0.15, -0.1) is 0 Å². The molecule has 0 fully saturated rings. The quantitative estimate of drug-likeness (QED) is 0.765. The van der Waals surface area contributed by atoms with Crippen molar-refractivity contribution in [1.29, 1.82) is 0 Å². The predicted octanol–water partition coefficient (Wildman–Crippen LogP) is 1.85. The largest absolute Gasteiger partial charge is 0.396 e. The Morgan fingerprint density at radius 1 is 1.29 bits per heavy atom. The number of hydrogen-bond donors (Lipinski definition) is 2. The van der Waals surface area contributed by atoms with E-state index >= 15 is 0 Å². The standard InChI is InChI=1S/C13H17NO3/c1-3-10(8-15)13(17)14-12-6-4-11(5-7-12)9(2)16/h4-7,10,15H,3,8H2,1-2H3,(H,14,17). The Labute approximate surface area is 101 Å². The highest BCUT2D eigenvalue weighted by atomic mass is 16.3. The van der Waals surface area contributed by atoms with E-state index in [-0.39, 0.29) is 24.2 Å². The normalized spacial score (nSPS) is 11.9. The number of rotatable bonds is 5. The summed E-state index contributed by atoms with van der Waals surface area (Å²) in [6.45, 7) is 3.18. The Balaban J connectivity index is 2.69. The predicted molar refractivity (Wildman–Crippen MR) is 65.9 cm³/mol. The molecule has 0 saturated carbocycles. The molecule has 4 heteroatoms. The lowest BCUT2D eigenvalue weighted by Crippen LogP contribution is -2.25. The molecule has 92 valence electrons. The molecule has 1 aromatic carbocycles. The second kappa shape index (κ2) is 6.15. The van der Waals surface area contributed by atoms with E-state index in [1.165, 1.54) is 6.92 Å². The SMILES string of the molecule is CCC(CO)C(=O)Nc1ccc(C(C)=O)cc1. The van der Waals surface area contributed by atoms with Crippen LogP contribution in [0.3, 0.4) is 0 Å². The Kier molecular flexibility index (Phi) is 4.84. The summed E-state index contributed by atoms with van der Waals surface area (Å²) >= 11 is 0. The van der Waals surface area contributed by atoms with E-state index in [0.29, 0.717) is 17.7 Å². The molecule has 0 aliphatic rings. The third-order valence-electron chi connectivity index (χ3n) is 2.64. The van der Waals surface area contributed by atoms with Gasteiger partial charge >= 0.3 is 0 Å². The maximum atomic E-state index is 11.7. The van der Waals surface area contributed by atoms with Crippen LogP contribution >= 0.6 is 0 Å². The summed E-state index contributed by atoms with van der Waals surface area (Å²) in [6.07, 6.45) is 0.591. The van der Waals surface area contributed by atoms with Crippen molar-refractivity contribution in [3.8, 4) is 0 Å². The average Bonchev–Trinajstić information content (AvgIpc) is 2.31. The number of anilines is 1. The first kappa shape index (κ1) is 13.4. The molecule has 1 unspecified atom stereocenters. The van der Waals surface area contributed by atoms with Gasteiger partial charge < -0.3 is 10.4 Å². The third kappa shape index (κ3) is 3.67. The zero-order valence-electron chi connectivity index (χ0n) is 10.1. The fourth-order valence-electron chi connectivity index (χ4n) is 1.43. The van der Waals surface area contributed by atoms with E-state index in [1.807, 2.05) is 6.92 Å². The van der Waals surface area contributed by atoms with Gasteiger partial charge in [-0.1, -0.05) is 6.92 Å². The number of aliphatic hydroxyl groups excluding tert-OH is 1. The average molecular weight is 235 g/mol. The third-order valence-corrected chi connectivity index (χ3v) is 2.64. The molecule has 1 atom stereocenters. The summed E-state index contributed by atoms with van der Waals surface area (Å²) in [7, 11) is 0. The fraction of sp³-hybridized carbons (Fsp3) is 0.385. The minimum atomic E-state index is -0.387. The summed E-state index contributed by atoms with van der Waals surface area (Å²) < 4.78 is 0. The van der Waals surface area contributed by atoms with Crippen LogP contribution < -0.4 is 5.32 Å². The molecule has 0 aliphatic heterocycles. The zero-order valence-corrected chi connectivity index (χ0v) is 10.1. The van der Waals surface area contributed by atoms with Crippen molar-refractivity contribution in [3.05, 3.63) is 29.8 Å². The highest BCUT2D eigenvalue weighted by molar-refractivity contribution is 5.96. The van der Waals surface area contributed by atoms with Crippen LogP contribution in [0.1, 0.15) is 30.6 Å². The number of carbonyl (C=O) groups excluding carboxylic acids is 2. The number of benzene rings is 1. The van der Waals surface area contributed by atoms with Crippen molar-refractivity contribution < 1.29 is 14.7 Å². The van der Waals surface area contributed by atoms with Gasteiger partial charge in [-0.25, -0.2) is 0 Å². The fourth-order valence-corrected chi connectivity index (χ4v) is 1.43. The molecule has 1 aromatic rings. The molecule has 2 N–H and O–H groups in total. The van der Waals surface area contributed by atoms with Crippen LogP contribution in [-0.4, -0.2) is 23.4 Å². The Morgan fingerprint density at radius 2 is 1.88 bits per heavy atom. The maximum absolute atomic E-state index is 11.7. The molecule has 4 nitrogen and oxygen atoms in total. The maximum Gasteiger partial charge on any atom is 0.229 e. The topological polar surface area (TPSA) is 66.4 Å². The summed E-state index contributed by atoms with van der Waals surface area (Å²) in [6, 6.07) is 6.69. The molecule has 0 heterocycles. The van der Waals surface area contributed by atoms with Crippen molar-refractivity contribution in [2.45, 2.75) is 20.3 Å². The van der Waals surface area contributed by atoms with Crippen LogP contribution in [0.2, 0.25) is 0 Å². The van der Waals surface area contributed by atoms with Crippen LogP contribution in [0.5, 0.6) is 0 Å². The van der Waals surface area contributed by atoms with Crippen LogP contribution in [0.25, 0.3) is 0 Å². The lowest BCUT2D eigenvalue weighted by atomic mass is 10.1. The molecule has 1 rings (SSSR count). The summed E-state index contributed by atoms with van der Waals surface area (Å²) in [5.74, 6) is -0.599. The van der Waals surface area contributed by atoms with E-state index in [4.69, 9.17) is 5.11 Å². The Hall–Kier alpha value is -1.68. The zero-order chi connectivity index (χ0) is 12.8. The minimum Gasteiger partial charge on any atom is -0.396 e. The van der Waals surface area contributed by atoms with Gasteiger partial charge in [0.15, 0.2) is 5.78 Å². The number of nitrogens with one attached hydrogen (secondary N) is 1. The number of ketones is 1. The van der Waals surface area contributed by atoms with Crippen LogP contribution in [0.4, 0.5) is 5.69 Å². The van der Waals surface area contributed by atoms with E-state index in [0.717, 1.165) is 0 Å². The van der Waals surface area contributed by atoms with E-state index in [2.05, 4.69) is 5.32 Å². The minimum absolute atomic E-state index is 0.00957. The van der Waals surface area contributed by atoms with Gasteiger partial charge in [0.1, 0.15) is 0 Å². The van der Waals surface area contributed by atoms with Gasteiger partial charge in [0.25, 0.3) is 0 Å². The van der Waals surface area contributed by atoms with Gasteiger partial charge in [0, 0.05) is 11.3 Å². The molecule has 0 radical (unpaired) electrons. The summed E-state index contributed by atoms with van der Waals surface area (Å²) in [5, 5.41) is 11.7. The highest BCUT2D eigenvalue weighted by Gasteiger charge is 2.15.